The number of carbonyl (C=O) groups is 2. The van der Waals surface area contributed by atoms with Gasteiger partial charge in [-0.05, 0) is 64.4 Å². The number of benzene rings is 1. The third-order valence-corrected chi connectivity index (χ3v) is 8.00. The molecule has 1 aromatic heterocycles. The minimum atomic E-state index is -0.192. The van der Waals surface area contributed by atoms with Gasteiger partial charge in [-0.25, -0.2) is 4.79 Å². The quantitative estimate of drug-likeness (QED) is 0.592. The minimum absolute atomic E-state index is 0.160. The summed E-state index contributed by atoms with van der Waals surface area (Å²) in [5.74, 6) is 0.532. The number of thiophene rings is 1. The van der Waals surface area contributed by atoms with Crippen LogP contribution in [0.15, 0.2) is 24.3 Å². The standard InChI is InChI=1S/C26H37N5O2S/c1-5-29(6-2)16-20-10-9-14-30(17-20)15-13-27-26(33)31-22-12-8-7-11-21(22)28-25(32)23-18(3)34-19(4)24(23)31/h7-8,11-12,20H,5-6,9-10,13-17H2,1-4H3,(H,27,33)(H,28,32). The van der Waals surface area contributed by atoms with Crippen molar-refractivity contribution < 1.29 is 9.59 Å². The average molecular weight is 484 g/mol. The zero-order chi connectivity index (χ0) is 24.2. The van der Waals surface area contributed by atoms with E-state index in [1.807, 2.05) is 38.1 Å². The Bertz CT molecular complexity index is 1030. The molecular formula is C26H37N5O2S. The molecule has 2 aliphatic heterocycles. The number of nitrogens with one attached hydrogen (secondary N) is 2. The van der Waals surface area contributed by atoms with Crippen molar-refractivity contribution in [2.45, 2.75) is 40.5 Å². The minimum Gasteiger partial charge on any atom is -0.336 e. The number of para-hydroxylation sites is 2. The van der Waals surface area contributed by atoms with Crippen LogP contribution in [0.1, 0.15) is 46.8 Å². The van der Waals surface area contributed by atoms with E-state index in [0.29, 0.717) is 35.1 Å². The summed E-state index contributed by atoms with van der Waals surface area (Å²) >= 11 is 1.55. The number of hydrogen-bond acceptors (Lipinski definition) is 5. The fraction of sp³-hybridized carbons (Fsp3) is 0.538. The van der Waals surface area contributed by atoms with Gasteiger partial charge >= 0.3 is 6.03 Å². The second-order valence-electron chi connectivity index (χ2n) is 9.27. The van der Waals surface area contributed by atoms with Crippen LogP contribution in [0.2, 0.25) is 0 Å². The van der Waals surface area contributed by atoms with Crippen molar-refractivity contribution in [3.05, 3.63) is 39.6 Å². The molecule has 1 saturated heterocycles. The van der Waals surface area contributed by atoms with E-state index >= 15 is 0 Å². The molecule has 0 spiro atoms. The molecule has 2 N–H and O–H groups in total. The molecule has 0 aliphatic carbocycles. The Labute approximate surface area is 207 Å². The second-order valence-corrected chi connectivity index (χ2v) is 10.7. The number of fused-ring (bicyclic) bond motifs is 2. The van der Waals surface area contributed by atoms with Gasteiger partial charge < -0.3 is 20.4 Å². The van der Waals surface area contributed by atoms with E-state index in [4.69, 9.17) is 0 Å². The Morgan fingerprint density at radius 2 is 1.97 bits per heavy atom. The molecule has 0 bridgehead atoms. The fourth-order valence-electron chi connectivity index (χ4n) is 5.25. The van der Waals surface area contributed by atoms with Gasteiger partial charge in [-0.3, -0.25) is 9.69 Å². The van der Waals surface area contributed by atoms with Crippen LogP contribution in [-0.4, -0.2) is 67.6 Å². The van der Waals surface area contributed by atoms with E-state index in [1.54, 1.807) is 16.2 Å². The first-order chi connectivity index (χ1) is 16.4. The van der Waals surface area contributed by atoms with Gasteiger partial charge in [-0.1, -0.05) is 26.0 Å². The Morgan fingerprint density at radius 1 is 1.21 bits per heavy atom. The lowest BCUT2D eigenvalue weighted by Crippen LogP contribution is -2.45. The maximum absolute atomic E-state index is 13.5. The third kappa shape index (κ3) is 5.14. The summed E-state index contributed by atoms with van der Waals surface area (Å²) in [5, 5.41) is 6.13. The van der Waals surface area contributed by atoms with Crippen LogP contribution in [0.4, 0.5) is 21.9 Å². The summed E-state index contributed by atoms with van der Waals surface area (Å²) in [6, 6.07) is 7.31. The van der Waals surface area contributed by atoms with Crippen LogP contribution in [-0.2, 0) is 0 Å². The molecule has 34 heavy (non-hydrogen) atoms. The molecule has 2 aliphatic rings. The molecule has 184 valence electrons. The van der Waals surface area contributed by atoms with Gasteiger partial charge in [-0.15, -0.1) is 11.3 Å². The predicted octanol–water partition coefficient (Wildman–Crippen LogP) is 4.83. The number of piperidine rings is 1. The number of urea groups is 1. The van der Waals surface area contributed by atoms with Crippen LogP contribution in [0.3, 0.4) is 0 Å². The Morgan fingerprint density at radius 3 is 2.74 bits per heavy atom. The first kappa shape index (κ1) is 24.7. The lowest BCUT2D eigenvalue weighted by molar-refractivity contribution is 0.102. The molecule has 0 saturated carbocycles. The predicted molar refractivity (Wildman–Crippen MR) is 141 cm³/mol. The van der Waals surface area contributed by atoms with E-state index in [9.17, 15) is 9.59 Å². The van der Waals surface area contributed by atoms with E-state index in [1.165, 1.54) is 12.8 Å². The van der Waals surface area contributed by atoms with Crippen LogP contribution in [0.25, 0.3) is 0 Å². The van der Waals surface area contributed by atoms with Crippen molar-refractivity contribution in [3.8, 4) is 0 Å². The number of amides is 3. The zero-order valence-corrected chi connectivity index (χ0v) is 21.6. The highest BCUT2D eigenvalue weighted by Crippen LogP contribution is 2.44. The maximum atomic E-state index is 13.5. The molecule has 0 radical (unpaired) electrons. The van der Waals surface area contributed by atoms with E-state index in [-0.39, 0.29) is 11.9 Å². The van der Waals surface area contributed by atoms with Gasteiger partial charge in [0.1, 0.15) is 0 Å². The second kappa shape index (κ2) is 10.9. The molecule has 1 aromatic carbocycles. The highest BCUT2D eigenvalue weighted by Gasteiger charge is 2.33. The molecule has 7 nitrogen and oxygen atoms in total. The lowest BCUT2D eigenvalue weighted by Gasteiger charge is -2.35. The molecule has 3 amide bonds. The van der Waals surface area contributed by atoms with E-state index in [2.05, 4.69) is 34.3 Å². The number of rotatable bonds is 7. The van der Waals surface area contributed by atoms with E-state index in [0.717, 1.165) is 49.0 Å². The molecule has 1 atom stereocenters. The fourth-order valence-corrected chi connectivity index (χ4v) is 6.29. The average Bonchev–Trinajstić information content (AvgIpc) is 3.04. The molecule has 2 aromatic rings. The molecule has 8 heteroatoms. The number of aryl methyl sites for hydroxylation is 2. The Kier molecular flexibility index (Phi) is 7.91. The molecule has 3 heterocycles. The number of likely N-dealkylation sites (tertiary alicyclic amines) is 1. The molecule has 4 rings (SSSR count). The van der Waals surface area contributed by atoms with Crippen molar-refractivity contribution in [2.75, 3.05) is 56.0 Å². The van der Waals surface area contributed by atoms with Gasteiger partial charge in [0.15, 0.2) is 0 Å². The maximum Gasteiger partial charge on any atom is 0.326 e. The van der Waals surface area contributed by atoms with Gasteiger partial charge in [0.05, 0.1) is 22.6 Å². The number of anilines is 3. The summed E-state index contributed by atoms with van der Waals surface area (Å²) in [7, 11) is 0. The monoisotopic (exact) mass is 483 g/mol. The highest BCUT2D eigenvalue weighted by atomic mass is 32.1. The van der Waals surface area contributed by atoms with Crippen molar-refractivity contribution in [1.82, 2.24) is 15.1 Å². The van der Waals surface area contributed by atoms with Crippen molar-refractivity contribution >= 4 is 40.3 Å². The van der Waals surface area contributed by atoms with Crippen LogP contribution < -0.4 is 15.5 Å². The topological polar surface area (TPSA) is 67.9 Å². The molecular weight excluding hydrogens is 446 g/mol. The largest absolute Gasteiger partial charge is 0.336 e. The summed E-state index contributed by atoms with van der Waals surface area (Å²) in [6.07, 6.45) is 2.49. The first-order valence-corrected chi connectivity index (χ1v) is 13.3. The van der Waals surface area contributed by atoms with E-state index < -0.39 is 0 Å². The van der Waals surface area contributed by atoms with Gasteiger partial charge in [-0.2, -0.15) is 0 Å². The van der Waals surface area contributed by atoms with Crippen molar-refractivity contribution in [3.63, 3.8) is 0 Å². The van der Waals surface area contributed by atoms with Gasteiger partial charge in [0.2, 0.25) is 0 Å². The summed E-state index contributed by atoms with van der Waals surface area (Å²) in [4.78, 5) is 35.0. The first-order valence-electron chi connectivity index (χ1n) is 12.5. The Hall–Kier alpha value is -2.42. The Balaban J connectivity index is 1.45. The normalized spacial score (nSPS) is 18.3. The summed E-state index contributed by atoms with van der Waals surface area (Å²) in [5.41, 5.74) is 2.63. The number of carbonyl (C=O) groups excluding carboxylic acids is 2. The lowest BCUT2D eigenvalue weighted by atomic mass is 9.97. The number of hydrogen-bond donors (Lipinski definition) is 2. The molecule has 1 fully saturated rings. The zero-order valence-electron chi connectivity index (χ0n) is 20.8. The summed E-state index contributed by atoms with van der Waals surface area (Å²) in [6.45, 7) is 15.3. The van der Waals surface area contributed by atoms with Gasteiger partial charge in [0, 0.05) is 35.9 Å². The van der Waals surface area contributed by atoms with Gasteiger partial charge in [0.25, 0.3) is 5.91 Å². The van der Waals surface area contributed by atoms with Crippen LogP contribution in [0, 0.1) is 19.8 Å². The molecule has 1 unspecified atom stereocenters. The third-order valence-electron chi connectivity index (χ3n) is 6.99. The van der Waals surface area contributed by atoms with Crippen LogP contribution in [0.5, 0.6) is 0 Å². The number of nitrogens with zero attached hydrogens (tertiary/aromatic N) is 3. The van der Waals surface area contributed by atoms with Crippen LogP contribution >= 0.6 is 11.3 Å². The van der Waals surface area contributed by atoms with Crippen molar-refractivity contribution in [2.24, 2.45) is 5.92 Å². The summed E-state index contributed by atoms with van der Waals surface area (Å²) < 4.78 is 0. The SMILES string of the molecule is CCN(CC)CC1CCCN(CCNC(=O)N2c3ccccc3NC(=O)c3c(C)sc(C)c32)C1. The smallest absolute Gasteiger partial charge is 0.326 e. The highest BCUT2D eigenvalue weighted by molar-refractivity contribution is 7.13. The van der Waals surface area contributed by atoms with Crippen molar-refractivity contribution in [1.29, 1.82) is 0 Å².